The first kappa shape index (κ1) is 18.7. The van der Waals surface area contributed by atoms with E-state index in [4.69, 9.17) is 29.9 Å². The third-order valence-corrected chi connectivity index (χ3v) is 5.84. The number of nitrogens with two attached hydrogens (primary N) is 1. The van der Waals surface area contributed by atoms with Crippen molar-refractivity contribution in [1.29, 1.82) is 5.26 Å². The molecule has 2 aromatic carbocycles. The average Bonchev–Trinajstić information content (AvgIpc) is 3.11. The summed E-state index contributed by atoms with van der Waals surface area (Å²) in [5, 5.41) is 9.88. The highest BCUT2D eigenvalue weighted by molar-refractivity contribution is 5.95. The maximum absolute atomic E-state index is 9.88. The number of hydrogen-bond donors (Lipinski definition) is 1. The SMILES string of the molecule is N#Cc1c(N)n(-c2ccccc2N2CCOCC2)c2nc3cc4c(cc3nc12)OCCO4. The van der Waals surface area contributed by atoms with E-state index in [2.05, 4.69) is 11.0 Å². The van der Waals surface area contributed by atoms with E-state index in [0.717, 1.165) is 24.5 Å². The monoisotopic (exact) mass is 428 g/mol. The van der Waals surface area contributed by atoms with Crippen LogP contribution in [0.3, 0.4) is 0 Å². The first-order valence-electron chi connectivity index (χ1n) is 10.5. The van der Waals surface area contributed by atoms with E-state index >= 15 is 0 Å². The summed E-state index contributed by atoms with van der Waals surface area (Å²) in [5.74, 6) is 1.58. The Bertz CT molecular complexity index is 1400. The van der Waals surface area contributed by atoms with Gasteiger partial charge in [0.05, 0.1) is 35.6 Å². The predicted octanol–water partition coefficient (Wildman–Crippen LogP) is 2.64. The van der Waals surface area contributed by atoms with Gasteiger partial charge in [-0.2, -0.15) is 5.26 Å². The van der Waals surface area contributed by atoms with Crippen molar-refractivity contribution in [2.75, 3.05) is 50.2 Å². The Morgan fingerprint density at radius 3 is 2.25 bits per heavy atom. The highest BCUT2D eigenvalue weighted by atomic mass is 16.6. The molecule has 6 rings (SSSR count). The standard InChI is InChI=1S/C23H20N6O3/c24-13-14-21-23(27-16-12-20-19(11-15(16)26-21)31-9-10-32-20)29(22(14)25)18-4-2-1-3-17(18)28-5-7-30-8-6-28/h1-4,11-12H,5-10,25H2. The molecule has 0 bridgehead atoms. The molecule has 4 aromatic rings. The fraction of sp³-hybridized carbons (Fsp3) is 0.261. The number of benzene rings is 2. The van der Waals surface area contributed by atoms with Crippen molar-refractivity contribution in [1.82, 2.24) is 14.5 Å². The summed E-state index contributed by atoms with van der Waals surface area (Å²) in [6.07, 6.45) is 0. The fourth-order valence-corrected chi connectivity index (χ4v) is 4.33. The zero-order valence-corrected chi connectivity index (χ0v) is 17.2. The number of nitriles is 1. The van der Waals surface area contributed by atoms with Crippen LogP contribution >= 0.6 is 0 Å². The molecule has 0 radical (unpaired) electrons. The van der Waals surface area contributed by atoms with E-state index in [1.165, 1.54) is 0 Å². The number of aromatic nitrogens is 3. The highest BCUT2D eigenvalue weighted by Gasteiger charge is 2.24. The summed E-state index contributed by atoms with van der Waals surface area (Å²) < 4.78 is 18.7. The summed E-state index contributed by atoms with van der Waals surface area (Å²) >= 11 is 0. The molecule has 0 spiro atoms. The highest BCUT2D eigenvalue weighted by Crippen LogP contribution is 2.37. The smallest absolute Gasteiger partial charge is 0.167 e. The van der Waals surface area contributed by atoms with Gasteiger partial charge in [-0.15, -0.1) is 0 Å². The lowest BCUT2D eigenvalue weighted by molar-refractivity contribution is 0.122. The van der Waals surface area contributed by atoms with Gasteiger partial charge in [-0.05, 0) is 12.1 Å². The van der Waals surface area contributed by atoms with Crippen molar-refractivity contribution in [2.45, 2.75) is 0 Å². The van der Waals surface area contributed by atoms with E-state index in [1.54, 1.807) is 6.07 Å². The van der Waals surface area contributed by atoms with Crippen molar-refractivity contribution in [3.05, 3.63) is 42.0 Å². The average molecular weight is 428 g/mol. The molecule has 1 fully saturated rings. The molecule has 0 aliphatic carbocycles. The van der Waals surface area contributed by atoms with E-state index < -0.39 is 0 Å². The van der Waals surface area contributed by atoms with Crippen LogP contribution in [-0.2, 0) is 4.74 Å². The molecule has 2 N–H and O–H groups in total. The van der Waals surface area contributed by atoms with Crippen molar-refractivity contribution < 1.29 is 14.2 Å². The van der Waals surface area contributed by atoms with Gasteiger partial charge in [0.15, 0.2) is 17.1 Å². The molecule has 2 aromatic heterocycles. The number of rotatable bonds is 2. The number of nitrogen functional groups attached to an aromatic ring is 1. The lowest BCUT2D eigenvalue weighted by Gasteiger charge is -2.30. The zero-order valence-electron chi connectivity index (χ0n) is 17.2. The molecular weight excluding hydrogens is 408 g/mol. The first-order valence-corrected chi connectivity index (χ1v) is 10.5. The zero-order chi connectivity index (χ0) is 21.7. The Balaban J connectivity index is 1.62. The van der Waals surface area contributed by atoms with Gasteiger partial charge in [0.25, 0.3) is 0 Å². The van der Waals surface area contributed by atoms with Crippen LogP contribution in [-0.4, -0.2) is 54.1 Å². The molecule has 0 saturated carbocycles. The summed E-state index contributed by atoms with van der Waals surface area (Å²) in [6, 6.07) is 13.8. The molecule has 0 amide bonds. The fourth-order valence-electron chi connectivity index (χ4n) is 4.33. The van der Waals surface area contributed by atoms with Crippen molar-refractivity contribution in [2.24, 2.45) is 0 Å². The molecule has 2 aliphatic rings. The number of anilines is 2. The van der Waals surface area contributed by atoms with Gasteiger partial charge in [-0.25, -0.2) is 9.97 Å². The summed E-state index contributed by atoms with van der Waals surface area (Å²) in [7, 11) is 0. The first-order chi connectivity index (χ1) is 15.7. The van der Waals surface area contributed by atoms with Crippen molar-refractivity contribution in [3.8, 4) is 23.3 Å². The van der Waals surface area contributed by atoms with Crippen LogP contribution in [0.15, 0.2) is 36.4 Å². The quantitative estimate of drug-likeness (QED) is 0.519. The topological polar surface area (TPSA) is 111 Å². The number of para-hydroxylation sites is 2. The van der Waals surface area contributed by atoms with Gasteiger partial charge in [0.2, 0.25) is 0 Å². The van der Waals surface area contributed by atoms with Crippen LogP contribution in [0.2, 0.25) is 0 Å². The molecule has 1 saturated heterocycles. The molecule has 0 atom stereocenters. The number of morpholine rings is 1. The van der Waals surface area contributed by atoms with Crippen LogP contribution in [0, 0.1) is 11.3 Å². The normalized spacial score (nSPS) is 15.8. The molecule has 32 heavy (non-hydrogen) atoms. The summed E-state index contributed by atoms with van der Waals surface area (Å²) in [4.78, 5) is 11.9. The number of ether oxygens (including phenoxy) is 3. The second-order valence-corrected chi connectivity index (χ2v) is 7.68. The van der Waals surface area contributed by atoms with Gasteiger partial charge >= 0.3 is 0 Å². The number of hydrogen-bond acceptors (Lipinski definition) is 8. The van der Waals surface area contributed by atoms with Gasteiger partial charge in [0.1, 0.15) is 36.2 Å². The Labute approximate surface area is 183 Å². The van der Waals surface area contributed by atoms with Crippen LogP contribution in [0.5, 0.6) is 11.5 Å². The van der Waals surface area contributed by atoms with Crippen molar-refractivity contribution >= 4 is 33.7 Å². The minimum atomic E-state index is 0.307. The maximum atomic E-state index is 9.88. The molecule has 4 heterocycles. The maximum Gasteiger partial charge on any atom is 0.167 e. The Morgan fingerprint density at radius 1 is 0.906 bits per heavy atom. The Kier molecular flexibility index (Phi) is 4.26. The van der Waals surface area contributed by atoms with Gasteiger partial charge in [0, 0.05) is 25.2 Å². The minimum absolute atomic E-state index is 0.307. The largest absolute Gasteiger partial charge is 0.486 e. The van der Waals surface area contributed by atoms with E-state index in [-0.39, 0.29) is 0 Å². The number of fused-ring (bicyclic) bond motifs is 3. The molecule has 0 unspecified atom stereocenters. The Hall–Kier alpha value is -4.03. The third-order valence-electron chi connectivity index (χ3n) is 5.84. The van der Waals surface area contributed by atoms with Crippen LogP contribution in [0.25, 0.3) is 27.9 Å². The van der Waals surface area contributed by atoms with Crippen molar-refractivity contribution in [3.63, 3.8) is 0 Å². The molecule has 9 heteroatoms. The third kappa shape index (κ3) is 2.81. The van der Waals surface area contributed by atoms with Gasteiger partial charge < -0.3 is 24.8 Å². The molecule has 9 nitrogen and oxygen atoms in total. The number of nitrogens with zero attached hydrogens (tertiary/aromatic N) is 5. The summed E-state index contributed by atoms with van der Waals surface area (Å²) in [6.45, 7) is 3.86. The lowest BCUT2D eigenvalue weighted by Crippen LogP contribution is -2.36. The molecule has 2 aliphatic heterocycles. The second kappa shape index (κ2) is 7.28. The van der Waals surface area contributed by atoms with Crippen LogP contribution in [0.4, 0.5) is 11.5 Å². The lowest BCUT2D eigenvalue weighted by atomic mass is 10.2. The molecular formula is C23H20N6O3. The minimum Gasteiger partial charge on any atom is -0.486 e. The van der Waals surface area contributed by atoms with Crippen LogP contribution < -0.4 is 20.1 Å². The van der Waals surface area contributed by atoms with Gasteiger partial charge in [-0.1, -0.05) is 12.1 Å². The molecule has 160 valence electrons. The Morgan fingerprint density at radius 2 is 1.56 bits per heavy atom. The van der Waals surface area contributed by atoms with Crippen LogP contribution in [0.1, 0.15) is 5.56 Å². The second-order valence-electron chi connectivity index (χ2n) is 7.68. The van der Waals surface area contributed by atoms with E-state index in [9.17, 15) is 5.26 Å². The van der Waals surface area contributed by atoms with E-state index in [0.29, 0.717) is 71.5 Å². The predicted molar refractivity (Wildman–Crippen MR) is 120 cm³/mol. The summed E-state index contributed by atoms with van der Waals surface area (Å²) in [5.41, 5.74) is 10.9. The van der Waals surface area contributed by atoms with Gasteiger partial charge in [-0.3, -0.25) is 4.57 Å². The van der Waals surface area contributed by atoms with E-state index in [1.807, 2.05) is 34.9 Å².